The Balaban J connectivity index is 1.36. The van der Waals surface area contributed by atoms with Crippen molar-refractivity contribution in [3.63, 3.8) is 0 Å². The van der Waals surface area contributed by atoms with Gasteiger partial charge in [-0.25, -0.2) is 4.39 Å². The van der Waals surface area contributed by atoms with E-state index in [0.29, 0.717) is 16.5 Å². The average molecular weight is 469 g/mol. The number of halogens is 3. The molecule has 1 aliphatic rings. The fourth-order valence-electron chi connectivity index (χ4n) is 5.40. The molecule has 1 saturated carbocycles. The lowest BCUT2D eigenvalue weighted by molar-refractivity contribution is -0.0498. The monoisotopic (exact) mass is 468 g/mol. The Labute approximate surface area is 201 Å². The van der Waals surface area contributed by atoms with Gasteiger partial charge in [-0.05, 0) is 53.3 Å². The van der Waals surface area contributed by atoms with Crippen molar-refractivity contribution < 1.29 is 17.9 Å². The normalized spacial score (nSPS) is 18.5. The molecule has 182 valence electrons. The first-order valence-corrected chi connectivity index (χ1v) is 12.8. The van der Waals surface area contributed by atoms with E-state index in [-0.39, 0.29) is 11.6 Å². The van der Waals surface area contributed by atoms with Crippen LogP contribution in [0.2, 0.25) is 0 Å². The van der Waals surface area contributed by atoms with Gasteiger partial charge in [-0.3, -0.25) is 0 Å². The molecule has 0 aromatic heterocycles. The van der Waals surface area contributed by atoms with E-state index in [4.69, 9.17) is 0 Å². The number of hydrogen-bond donors (Lipinski definition) is 0. The van der Waals surface area contributed by atoms with Gasteiger partial charge >= 0.3 is 6.61 Å². The van der Waals surface area contributed by atoms with Gasteiger partial charge in [0, 0.05) is 10.9 Å². The Kier molecular flexibility index (Phi) is 8.53. The van der Waals surface area contributed by atoms with E-state index in [0.717, 1.165) is 23.6 Å². The van der Waals surface area contributed by atoms with Crippen LogP contribution in [0.15, 0.2) is 54.6 Å². The van der Waals surface area contributed by atoms with Gasteiger partial charge in [0.15, 0.2) is 0 Å². The molecule has 0 atom stereocenters. The summed E-state index contributed by atoms with van der Waals surface area (Å²) in [6.07, 6.45) is 13.2. The maximum Gasteiger partial charge on any atom is 0.387 e. The quantitative estimate of drug-likeness (QED) is 0.269. The molecule has 1 aliphatic carbocycles. The van der Waals surface area contributed by atoms with Crippen molar-refractivity contribution in [3.05, 3.63) is 66.0 Å². The lowest BCUT2D eigenvalue weighted by atomic mass is 9.77. The molecule has 1 fully saturated rings. The average Bonchev–Trinajstić information content (AvgIpc) is 2.84. The molecule has 0 aliphatic heterocycles. The van der Waals surface area contributed by atoms with Crippen molar-refractivity contribution >= 4 is 10.8 Å². The van der Waals surface area contributed by atoms with Crippen LogP contribution in [0.25, 0.3) is 21.9 Å². The van der Waals surface area contributed by atoms with E-state index in [1.807, 2.05) is 18.2 Å². The third-order valence-corrected chi connectivity index (χ3v) is 7.43. The topological polar surface area (TPSA) is 9.23 Å². The number of fused-ring (bicyclic) bond motifs is 1. The zero-order valence-corrected chi connectivity index (χ0v) is 20.0. The first-order chi connectivity index (χ1) is 16.5. The molecule has 3 aromatic rings. The minimum atomic E-state index is -2.87. The Bertz CT molecular complexity index is 1050. The van der Waals surface area contributed by atoms with E-state index in [1.165, 1.54) is 75.5 Å². The summed E-state index contributed by atoms with van der Waals surface area (Å²) in [7, 11) is 0. The summed E-state index contributed by atoms with van der Waals surface area (Å²) in [5.74, 6) is 1.53. The fourth-order valence-corrected chi connectivity index (χ4v) is 5.40. The highest BCUT2D eigenvalue weighted by Gasteiger charge is 2.20. The second-order valence-electron chi connectivity index (χ2n) is 9.81. The van der Waals surface area contributed by atoms with E-state index >= 15 is 4.39 Å². The lowest BCUT2D eigenvalue weighted by Gasteiger charge is -2.28. The zero-order chi connectivity index (χ0) is 23.9. The molecule has 1 nitrogen and oxygen atoms in total. The summed E-state index contributed by atoms with van der Waals surface area (Å²) in [6, 6.07) is 15.8. The maximum atomic E-state index is 15.3. The van der Waals surface area contributed by atoms with Crippen LogP contribution in [0.1, 0.15) is 70.3 Å². The van der Waals surface area contributed by atoms with Crippen LogP contribution in [-0.2, 0) is 6.42 Å². The third-order valence-electron chi connectivity index (χ3n) is 7.43. The summed E-state index contributed by atoms with van der Waals surface area (Å²) in [5, 5.41) is 1.48. The van der Waals surface area contributed by atoms with E-state index in [2.05, 4.69) is 17.7 Å². The van der Waals surface area contributed by atoms with Crippen LogP contribution in [-0.4, -0.2) is 6.61 Å². The minimum Gasteiger partial charge on any atom is -0.435 e. The maximum absolute atomic E-state index is 15.3. The first kappa shape index (κ1) is 24.6. The molecule has 0 unspecified atom stereocenters. The molecule has 4 rings (SSSR count). The summed E-state index contributed by atoms with van der Waals surface area (Å²) < 4.78 is 44.4. The van der Waals surface area contributed by atoms with Gasteiger partial charge in [0.25, 0.3) is 0 Å². The van der Waals surface area contributed by atoms with Gasteiger partial charge in [0.05, 0.1) is 0 Å². The summed E-state index contributed by atoms with van der Waals surface area (Å²) in [5.41, 5.74) is 2.35. The minimum absolute atomic E-state index is 0.0644. The van der Waals surface area contributed by atoms with Crippen LogP contribution >= 0.6 is 0 Å². The molecule has 3 aromatic carbocycles. The SMILES string of the molecule is CCCCC[C@H]1CC[C@H](CCc2ccc3c(F)c(-c4ccc(OC(F)F)cc4)ccc3c2)CC1. The highest BCUT2D eigenvalue weighted by molar-refractivity contribution is 5.88. The Hall–Kier alpha value is -2.49. The smallest absolute Gasteiger partial charge is 0.387 e. The number of unbranched alkanes of at least 4 members (excludes halogenated alkanes) is 2. The molecule has 0 amide bonds. The molecule has 0 bridgehead atoms. The van der Waals surface area contributed by atoms with Gasteiger partial charge in [-0.2, -0.15) is 8.78 Å². The number of ether oxygens (including phenoxy) is 1. The van der Waals surface area contributed by atoms with Crippen LogP contribution in [0, 0.1) is 17.7 Å². The van der Waals surface area contributed by atoms with Crippen molar-refractivity contribution in [3.8, 4) is 16.9 Å². The predicted molar refractivity (Wildman–Crippen MR) is 134 cm³/mol. The lowest BCUT2D eigenvalue weighted by Crippen LogP contribution is -2.15. The fraction of sp³-hybridized carbons (Fsp3) is 0.467. The number of benzene rings is 3. The molecule has 34 heavy (non-hydrogen) atoms. The number of aryl methyl sites for hydroxylation is 1. The molecule has 0 radical (unpaired) electrons. The van der Waals surface area contributed by atoms with Gasteiger partial charge in [0.2, 0.25) is 0 Å². The molecule has 4 heteroatoms. The second kappa shape index (κ2) is 11.8. The van der Waals surface area contributed by atoms with Crippen molar-refractivity contribution in [2.75, 3.05) is 0 Å². The van der Waals surface area contributed by atoms with Gasteiger partial charge in [-0.15, -0.1) is 0 Å². The Morgan fingerprint density at radius 3 is 2.24 bits per heavy atom. The molecule has 0 spiro atoms. The summed E-state index contributed by atoms with van der Waals surface area (Å²) in [4.78, 5) is 0. The molecular formula is C30H35F3O. The van der Waals surface area contributed by atoms with Crippen molar-refractivity contribution in [2.45, 2.75) is 77.7 Å². The Morgan fingerprint density at radius 2 is 1.56 bits per heavy atom. The van der Waals surface area contributed by atoms with Crippen molar-refractivity contribution in [2.24, 2.45) is 11.8 Å². The summed E-state index contributed by atoms with van der Waals surface area (Å²) >= 11 is 0. The van der Waals surface area contributed by atoms with Crippen LogP contribution in [0.3, 0.4) is 0 Å². The molecule has 0 N–H and O–H groups in total. The number of alkyl halides is 2. The van der Waals surface area contributed by atoms with E-state index < -0.39 is 6.61 Å². The second-order valence-corrected chi connectivity index (χ2v) is 9.81. The third kappa shape index (κ3) is 6.34. The Morgan fingerprint density at radius 1 is 0.853 bits per heavy atom. The first-order valence-electron chi connectivity index (χ1n) is 12.8. The largest absolute Gasteiger partial charge is 0.435 e. The van der Waals surface area contributed by atoms with Gasteiger partial charge < -0.3 is 4.74 Å². The highest BCUT2D eigenvalue weighted by Crippen LogP contribution is 2.35. The van der Waals surface area contributed by atoms with Gasteiger partial charge in [0.1, 0.15) is 11.6 Å². The number of rotatable bonds is 10. The molecule has 0 heterocycles. The van der Waals surface area contributed by atoms with Crippen LogP contribution in [0.4, 0.5) is 13.2 Å². The number of hydrogen-bond acceptors (Lipinski definition) is 1. The van der Waals surface area contributed by atoms with E-state index in [9.17, 15) is 8.78 Å². The zero-order valence-electron chi connectivity index (χ0n) is 20.0. The molecular weight excluding hydrogens is 433 g/mol. The van der Waals surface area contributed by atoms with Crippen molar-refractivity contribution in [1.29, 1.82) is 0 Å². The van der Waals surface area contributed by atoms with Gasteiger partial charge in [-0.1, -0.05) is 101 Å². The van der Waals surface area contributed by atoms with E-state index in [1.54, 1.807) is 18.2 Å². The highest BCUT2D eigenvalue weighted by atomic mass is 19.3. The standard InChI is InChI=1S/C30H35F3O/c1-2-3-4-5-21-6-8-22(9-7-21)10-11-23-12-18-28-25(20-23)15-19-27(29(28)31)24-13-16-26(17-14-24)34-30(32)33/h12-22,30H,2-11H2,1H3/t21-,22-. The summed E-state index contributed by atoms with van der Waals surface area (Å²) in [6.45, 7) is -0.602. The van der Waals surface area contributed by atoms with Crippen LogP contribution < -0.4 is 4.74 Å². The molecule has 0 saturated heterocycles. The predicted octanol–water partition coefficient (Wildman–Crippen LogP) is 9.57. The van der Waals surface area contributed by atoms with Crippen LogP contribution in [0.5, 0.6) is 5.75 Å². The van der Waals surface area contributed by atoms with Crippen molar-refractivity contribution in [1.82, 2.24) is 0 Å².